The van der Waals surface area contributed by atoms with Crippen LogP contribution in [0, 0.1) is 5.82 Å². The van der Waals surface area contributed by atoms with Gasteiger partial charge in [0.25, 0.3) is 0 Å². The van der Waals surface area contributed by atoms with Crippen LogP contribution in [0.5, 0.6) is 0 Å². The second-order valence-electron chi connectivity index (χ2n) is 5.81. The van der Waals surface area contributed by atoms with Crippen molar-refractivity contribution in [1.82, 2.24) is 5.32 Å². The third-order valence-corrected chi connectivity index (χ3v) is 3.93. The van der Waals surface area contributed by atoms with Gasteiger partial charge in [0.15, 0.2) is 0 Å². The summed E-state index contributed by atoms with van der Waals surface area (Å²) in [6.45, 7) is 5.73. The van der Waals surface area contributed by atoms with Crippen LogP contribution in [0.3, 0.4) is 0 Å². The third kappa shape index (κ3) is 2.79. The number of nitrogens with zero attached hydrogens (tertiary/aromatic N) is 1. The van der Waals surface area contributed by atoms with Crippen LogP contribution in [0.4, 0.5) is 15.8 Å². The Hall–Kier alpha value is -1.87. The number of hydrogen-bond donors (Lipinski definition) is 1. The molecule has 0 amide bonds. The zero-order valence-corrected chi connectivity index (χ0v) is 12.6. The van der Waals surface area contributed by atoms with Crippen LogP contribution in [0.25, 0.3) is 0 Å². The fourth-order valence-corrected chi connectivity index (χ4v) is 2.89. The summed E-state index contributed by atoms with van der Waals surface area (Å²) in [5, 5.41) is 3.38. The molecule has 0 spiro atoms. The zero-order valence-electron chi connectivity index (χ0n) is 12.6. The van der Waals surface area contributed by atoms with Crippen LogP contribution >= 0.6 is 0 Å². The molecule has 0 unspecified atom stereocenters. The van der Waals surface area contributed by atoms with Crippen molar-refractivity contribution in [2.75, 3.05) is 11.4 Å². The normalized spacial score (nSPS) is 13.8. The molecule has 0 fully saturated rings. The van der Waals surface area contributed by atoms with Gasteiger partial charge in [0.1, 0.15) is 5.82 Å². The molecule has 1 aliphatic rings. The molecule has 3 rings (SSSR count). The van der Waals surface area contributed by atoms with Crippen molar-refractivity contribution >= 4 is 11.4 Å². The van der Waals surface area contributed by atoms with Crippen LogP contribution in [0.2, 0.25) is 0 Å². The molecule has 110 valence electrons. The second-order valence-corrected chi connectivity index (χ2v) is 5.81. The standard InChI is InChI=1S/C18H21FN2/c1-13(2)20-12-15-7-5-8-16(19)18(15)21-11-10-14-6-3-4-9-17(14)21/h3-9,13,20H,10-12H2,1-2H3. The summed E-state index contributed by atoms with van der Waals surface area (Å²) in [4.78, 5) is 2.11. The van der Waals surface area contributed by atoms with E-state index in [-0.39, 0.29) is 5.82 Å². The predicted molar refractivity (Wildman–Crippen MR) is 85.5 cm³/mol. The van der Waals surface area contributed by atoms with Crippen LogP contribution < -0.4 is 10.2 Å². The Labute approximate surface area is 125 Å². The van der Waals surface area contributed by atoms with Crippen molar-refractivity contribution in [3.63, 3.8) is 0 Å². The van der Waals surface area contributed by atoms with Crippen molar-refractivity contribution in [2.45, 2.75) is 32.9 Å². The predicted octanol–water partition coefficient (Wildman–Crippen LogP) is 4.02. The number of fused-ring (bicyclic) bond motifs is 1. The Morgan fingerprint density at radius 1 is 1.14 bits per heavy atom. The summed E-state index contributed by atoms with van der Waals surface area (Å²) in [5.74, 6) is -0.144. The Morgan fingerprint density at radius 2 is 1.95 bits per heavy atom. The van der Waals surface area contributed by atoms with Gasteiger partial charge in [0, 0.05) is 24.8 Å². The molecule has 1 aliphatic heterocycles. The molecule has 0 atom stereocenters. The number of anilines is 2. The highest BCUT2D eigenvalue weighted by molar-refractivity contribution is 5.72. The topological polar surface area (TPSA) is 15.3 Å². The summed E-state index contributed by atoms with van der Waals surface area (Å²) >= 11 is 0. The maximum absolute atomic E-state index is 14.5. The quantitative estimate of drug-likeness (QED) is 0.912. The first-order valence-corrected chi connectivity index (χ1v) is 7.53. The van der Waals surface area contributed by atoms with E-state index in [1.54, 1.807) is 12.1 Å². The molecule has 2 aromatic carbocycles. The molecule has 2 nitrogen and oxygen atoms in total. The highest BCUT2D eigenvalue weighted by Crippen LogP contribution is 2.37. The van der Waals surface area contributed by atoms with Gasteiger partial charge in [-0.2, -0.15) is 0 Å². The van der Waals surface area contributed by atoms with E-state index in [0.717, 1.165) is 29.9 Å². The van der Waals surface area contributed by atoms with Crippen LogP contribution in [0.1, 0.15) is 25.0 Å². The maximum Gasteiger partial charge on any atom is 0.147 e. The van der Waals surface area contributed by atoms with E-state index < -0.39 is 0 Å². The highest BCUT2D eigenvalue weighted by Gasteiger charge is 2.24. The van der Waals surface area contributed by atoms with Gasteiger partial charge < -0.3 is 10.2 Å². The molecule has 0 radical (unpaired) electrons. The highest BCUT2D eigenvalue weighted by atomic mass is 19.1. The largest absolute Gasteiger partial charge is 0.338 e. The van der Waals surface area contributed by atoms with Crippen LogP contribution in [-0.2, 0) is 13.0 Å². The first-order chi connectivity index (χ1) is 10.2. The van der Waals surface area contributed by atoms with Crippen molar-refractivity contribution in [3.8, 4) is 0 Å². The molecular formula is C18H21FN2. The first-order valence-electron chi connectivity index (χ1n) is 7.53. The number of rotatable bonds is 4. The monoisotopic (exact) mass is 284 g/mol. The number of benzene rings is 2. The van der Waals surface area contributed by atoms with Gasteiger partial charge in [0.05, 0.1) is 5.69 Å². The number of halogens is 1. The molecule has 1 heterocycles. The van der Waals surface area contributed by atoms with Crippen LogP contribution in [0.15, 0.2) is 42.5 Å². The lowest BCUT2D eigenvalue weighted by Gasteiger charge is -2.24. The molecular weight excluding hydrogens is 263 g/mol. The van der Waals surface area contributed by atoms with Crippen molar-refractivity contribution in [2.24, 2.45) is 0 Å². The summed E-state index contributed by atoms with van der Waals surface area (Å²) < 4.78 is 14.5. The van der Waals surface area contributed by atoms with Crippen molar-refractivity contribution in [3.05, 3.63) is 59.4 Å². The summed E-state index contributed by atoms with van der Waals surface area (Å²) in [5.41, 5.74) is 4.16. The van der Waals surface area contributed by atoms with E-state index in [2.05, 4.69) is 36.2 Å². The lowest BCUT2D eigenvalue weighted by atomic mass is 10.1. The number of hydrogen-bond acceptors (Lipinski definition) is 2. The minimum atomic E-state index is -0.144. The molecule has 3 heteroatoms. The fourth-order valence-electron chi connectivity index (χ4n) is 2.89. The lowest BCUT2D eigenvalue weighted by molar-refractivity contribution is 0.581. The van der Waals surface area contributed by atoms with Gasteiger partial charge in [-0.1, -0.05) is 44.2 Å². The van der Waals surface area contributed by atoms with Gasteiger partial charge in [-0.05, 0) is 29.7 Å². The lowest BCUT2D eigenvalue weighted by Crippen LogP contribution is -2.24. The summed E-state index contributed by atoms with van der Waals surface area (Å²) in [6, 6.07) is 14.0. The molecule has 1 N–H and O–H groups in total. The molecule has 0 saturated heterocycles. The van der Waals surface area contributed by atoms with E-state index in [9.17, 15) is 4.39 Å². The van der Waals surface area contributed by atoms with E-state index in [0.29, 0.717) is 12.6 Å². The van der Waals surface area contributed by atoms with E-state index in [1.165, 1.54) is 5.56 Å². The molecule has 0 aliphatic carbocycles. The minimum absolute atomic E-state index is 0.144. The first kappa shape index (κ1) is 14.1. The summed E-state index contributed by atoms with van der Waals surface area (Å²) in [6.07, 6.45) is 0.974. The van der Waals surface area contributed by atoms with E-state index in [4.69, 9.17) is 0 Å². The maximum atomic E-state index is 14.5. The Balaban J connectivity index is 1.99. The second kappa shape index (κ2) is 5.86. The van der Waals surface area contributed by atoms with Crippen molar-refractivity contribution in [1.29, 1.82) is 0 Å². The van der Waals surface area contributed by atoms with Gasteiger partial charge in [-0.25, -0.2) is 4.39 Å². The SMILES string of the molecule is CC(C)NCc1cccc(F)c1N1CCc2ccccc21. The fraction of sp³-hybridized carbons (Fsp3) is 0.333. The van der Waals surface area contributed by atoms with Gasteiger partial charge in [-0.3, -0.25) is 0 Å². The smallest absolute Gasteiger partial charge is 0.147 e. The molecule has 0 aromatic heterocycles. The number of nitrogens with one attached hydrogen (secondary N) is 1. The average molecular weight is 284 g/mol. The van der Waals surface area contributed by atoms with Crippen molar-refractivity contribution < 1.29 is 4.39 Å². The molecule has 0 saturated carbocycles. The Kier molecular flexibility index (Phi) is 3.93. The zero-order chi connectivity index (χ0) is 14.8. The van der Waals surface area contributed by atoms with Gasteiger partial charge in [-0.15, -0.1) is 0 Å². The third-order valence-electron chi connectivity index (χ3n) is 3.93. The summed E-state index contributed by atoms with van der Waals surface area (Å²) in [7, 11) is 0. The van der Waals surface area contributed by atoms with E-state index >= 15 is 0 Å². The average Bonchev–Trinajstić information content (AvgIpc) is 2.89. The van der Waals surface area contributed by atoms with E-state index in [1.807, 2.05) is 18.2 Å². The van der Waals surface area contributed by atoms with Gasteiger partial charge in [0.2, 0.25) is 0 Å². The Bertz CT molecular complexity index is 637. The molecule has 21 heavy (non-hydrogen) atoms. The van der Waals surface area contributed by atoms with Crippen LogP contribution in [-0.4, -0.2) is 12.6 Å². The molecule has 2 aromatic rings. The molecule has 0 bridgehead atoms. The minimum Gasteiger partial charge on any atom is -0.338 e. The number of para-hydroxylation sites is 2. The Morgan fingerprint density at radius 3 is 2.76 bits per heavy atom. The van der Waals surface area contributed by atoms with Gasteiger partial charge >= 0.3 is 0 Å².